The Hall–Kier alpha value is -2.05. The summed E-state index contributed by atoms with van der Waals surface area (Å²) in [7, 11) is 1.48. The lowest BCUT2D eigenvalue weighted by atomic mass is 10.00. The van der Waals surface area contributed by atoms with E-state index in [-0.39, 0.29) is 17.4 Å². The maximum Gasteiger partial charge on any atom is 0.342 e. The predicted molar refractivity (Wildman–Crippen MR) is 93.7 cm³/mol. The molecule has 1 aromatic carbocycles. The van der Waals surface area contributed by atoms with Gasteiger partial charge in [-0.3, -0.25) is 0 Å². The number of hydrogen-bond acceptors (Lipinski definition) is 6. The number of phenolic OH excluding ortho intramolecular Hbond substituents is 1. The van der Waals surface area contributed by atoms with Gasteiger partial charge >= 0.3 is 5.97 Å². The largest absolute Gasteiger partial charge is 0.507 e. The number of fused-ring (bicyclic) bond motifs is 1. The fourth-order valence-corrected chi connectivity index (χ4v) is 2.87. The molecule has 6 nitrogen and oxygen atoms in total. The third kappa shape index (κ3) is 5.21. The molecule has 0 spiro atoms. The zero-order valence-electron chi connectivity index (χ0n) is 14.6. The number of cyclic esters (lactones) is 1. The number of aromatic hydroxyl groups is 1. The first-order valence-corrected chi connectivity index (χ1v) is 8.57. The van der Waals surface area contributed by atoms with Crippen molar-refractivity contribution in [1.82, 2.24) is 0 Å². The van der Waals surface area contributed by atoms with Crippen LogP contribution < -0.4 is 4.74 Å². The average Bonchev–Trinajstić information content (AvgIpc) is 2.56. The topological polar surface area (TPSA) is 96.2 Å². The summed E-state index contributed by atoms with van der Waals surface area (Å²) in [5.74, 6) is -0.359. The van der Waals surface area contributed by atoms with Gasteiger partial charge in [-0.05, 0) is 50.7 Å². The summed E-state index contributed by atoms with van der Waals surface area (Å²) in [4.78, 5) is 12.5. The normalized spacial score (nSPS) is 26.9. The molecule has 0 saturated heterocycles. The average molecular weight is 350 g/mol. The Morgan fingerprint density at radius 2 is 1.88 bits per heavy atom. The van der Waals surface area contributed by atoms with E-state index < -0.39 is 18.2 Å². The highest BCUT2D eigenvalue weighted by Crippen LogP contribution is 2.30. The minimum atomic E-state index is -0.788. The Balaban J connectivity index is 2.35. The number of esters is 1. The van der Waals surface area contributed by atoms with Crippen LogP contribution in [0.5, 0.6) is 11.5 Å². The summed E-state index contributed by atoms with van der Waals surface area (Å²) >= 11 is 0. The lowest BCUT2D eigenvalue weighted by Crippen LogP contribution is -2.26. The summed E-state index contributed by atoms with van der Waals surface area (Å²) < 4.78 is 10.6. The number of allylic oxidation sites excluding steroid dienone is 1. The monoisotopic (exact) mass is 350 g/mol. The molecule has 2 rings (SSSR count). The molecule has 0 saturated carbocycles. The van der Waals surface area contributed by atoms with Crippen molar-refractivity contribution in [2.24, 2.45) is 0 Å². The van der Waals surface area contributed by atoms with Crippen LogP contribution in [0.1, 0.15) is 54.9 Å². The van der Waals surface area contributed by atoms with Gasteiger partial charge in [0.2, 0.25) is 0 Å². The third-order valence-electron chi connectivity index (χ3n) is 4.35. The number of ether oxygens (including phenoxy) is 2. The summed E-state index contributed by atoms with van der Waals surface area (Å²) in [5.41, 5.74) is 0.586. The fraction of sp³-hybridized carbons (Fsp3) is 0.526. The zero-order valence-corrected chi connectivity index (χ0v) is 14.6. The molecule has 0 aliphatic carbocycles. The number of methoxy groups -OCH3 is 1. The van der Waals surface area contributed by atoms with E-state index in [9.17, 15) is 20.1 Å². The maximum absolute atomic E-state index is 12.5. The molecular formula is C19H26O6. The SMILES string of the molecule is COc1cc(O)c2c(c1)/C=C/CC[C@@H](O)[C@@H](O)CCC[C@H](C)OC2=O. The van der Waals surface area contributed by atoms with Crippen LogP contribution in [0.2, 0.25) is 0 Å². The van der Waals surface area contributed by atoms with Crippen molar-refractivity contribution in [2.75, 3.05) is 7.11 Å². The van der Waals surface area contributed by atoms with Crippen LogP contribution in [-0.4, -0.2) is 46.7 Å². The smallest absolute Gasteiger partial charge is 0.342 e. The first-order valence-electron chi connectivity index (χ1n) is 8.57. The van der Waals surface area contributed by atoms with Crippen molar-refractivity contribution in [1.29, 1.82) is 0 Å². The van der Waals surface area contributed by atoms with Crippen LogP contribution >= 0.6 is 0 Å². The molecule has 138 valence electrons. The Bertz CT molecular complexity index is 625. The second-order valence-electron chi connectivity index (χ2n) is 6.37. The van der Waals surface area contributed by atoms with Gasteiger partial charge < -0.3 is 24.8 Å². The second kappa shape index (κ2) is 8.87. The van der Waals surface area contributed by atoms with E-state index >= 15 is 0 Å². The number of carbonyl (C=O) groups is 1. The fourth-order valence-electron chi connectivity index (χ4n) is 2.87. The number of carbonyl (C=O) groups excluding carboxylic acids is 1. The van der Waals surface area contributed by atoms with Crippen LogP contribution in [0, 0.1) is 0 Å². The van der Waals surface area contributed by atoms with Gasteiger partial charge in [0.1, 0.15) is 17.1 Å². The van der Waals surface area contributed by atoms with Crippen molar-refractivity contribution in [2.45, 2.75) is 57.3 Å². The van der Waals surface area contributed by atoms with E-state index in [1.54, 1.807) is 25.1 Å². The third-order valence-corrected chi connectivity index (χ3v) is 4.35. The molecule has 1 heterocycles. The minimum absolute atomic E-state index is 0.0987. The van der Waals surface area contributed by atoms with E-state index in [0.717, 1.165) is 0 Å². The highest BCUT2D eigenvalue weighted by molar-refractivity contribution is 5.97. The molecule has 3 N–H and O–H groups in total. The molecule has 3 atom stereocenters. The van der Waals surface area contributed by atoms with Gasteiger partial charge in [0.15, 0.2) is 0 Å². The zero-order chi connectivity index (χ0) is 18.4. The second-order valence-corrected chi connectivity index (χ2v) is 6.37. The molecule has 1 aliphatic heterocycles. The lowest BCUT2D eigenvalue weighted by molar-refractivity contribution is 0.00511. The Kier molecular flexibility index (Phi) is 6.84. The van der Waals surface area contributed by atoms with Gasteiger partial charge in [0, 0.05) is 6.07 Å². The van der Waals surface area contributed by atoms with Crippen molar-refractivity contribution in [3.05, 3.63) is 29.3 Å². The van der Waals surface area contributed by atoms with Crippen molar-refractivity contribution in [3.63, 3.8) is 0 Å². The molecule has 0 bridgehead atoms. The molecule has 1 aliphatic rings. The van der Waals surface area contributed by atoms with Crippen LogP contribution in [0.15, 0.2) is 18.2 Å². The highest BCUT2D eigenvalue weighted by atomic mass is 16.5. The molecule has 0 fully saturated rings. The molecule has 0 aromatic heterocycles. The Morgan fingerprint density at radius 1 is 1.16 bits per heavy atom. The van der Waals surface area contributed by atoms with Crippen molar-refractivity contribution in [3.8, 4) is 11.5 Å². The van der Waals surface area contributed by atoms with Gasteiger partial charge in [-0.1, -0.05) is 12.2 Å². The summed E-state index contributed by atoms with van der Waals surface area (Å²) in [5, 5.41) is 30.2. The molecule has 0 amide bonds. The van der Waals surface area contributed by atoms with Crippen molar-refractivity contribution >= 4 is 12.0 Å². The summed E-state index contributed by atoms with van der Waals surface area (Å²) in [6.07, 6.45) is 4.14. The number of aliphatic hydroxyl groups excluding tert-OH is 2. The summed E-state index contributed by atoms with van der Waals surface area (Å²) in [6.45, 7) is 1.77. The number of rotatable bonds is 1. The molecule has 1 aromatic rings. The minimum Gasteiger partial charge on any atom is -0.507 e. The standard InChI is InChI=1S/C19H26O6/c1-12-6-5-9-16(21)15(20)8-4-3-7-13-10-14(24-2)11-17(22)18(13)19(23)25-12/h3,7,10-12,15-16,20-22H,4-6,8-9H2,1-2H3/b7-3+/t12-,15+,16-/m0/s1. The van der Waals surface area contributed by atoms with E-state index in [1.165, 1.54) is 13.2 Å². The lowest BCUT2D eigenvalue weighted by Gasteiger charge is -2.20. The Morgan fingerprint density at radius 3 is 2.60 bits per heavy atom. The van der Waals surface area contributed by atoms with Gasteiger partial charge in [-0.2, -0.15) is 0 Å². The number of hydrogen-bond donors (Lipinski definition) is 3. The number of aliphatic hydroxyl groups is 2. The Labute approximate surface area is 147 Å². The van der Waals surface area contributed by atoms with Crippen LogP contribution in [-0.2, 0) is 4.74 Å². The molecular weight excluding hydrogens is 324 g/mol. The maximum atomic E-state index is 12.5. The van der Waals surface area contributed by atoms with Gasteiger partial charge in [0.25, 0.3) is 0 Å². The van der Waals surface area contributed by atoms with E-state index in [0.29, 0.717) is 43.4 Å². The van der Waals surface area contributed by atoms with Crippen LogP contribution in [0.3, 0.4) is 0 Å². The molecule has 0 radical (unpaired) electrons. The van der Waals surface area contributed by atoms with Gasteiger partial charge in [-0.25, -0.2) is 4.79 Å². The van der Waals surface area contributed by atoms with E-state index in [4.69, 9.17) is 9.47 Å². The van der Waals surface area contributed by atoms with Gasteiger partial charge in [-0.15, -0.1) is 0 Å². The van der Waals surface area contributed by atoms with E-state index in [2.05, 4.69) is 0 Å². The van der Waals surface area contributed by atoms with Crippen molar-refractivity contribution < 1.29 is 29.6 Å². The summed E-state index contributed by atoms with van der Waals surface area (Å²) in [6, 6.07) is 3.02. The predicted octanol–water partition coefficient (Wildman–Crippen LogP) is 2.65. The quantitative estimate of drug-likeness (QED) is 0.674. The molecule has 0 unspecified atom stereocenters. The highest BCUT2D eigenvalue weighted by Gasteiger charge is 2.22. The first kappa shape index (κ1) is 19.3. The van der Waals surface area contributed by atoms with Crippen LogP contribution in [0.4, 0.5) is 0 Å². The number of phenols is 1. The number of benzene rings is 1. The van der Waals surface area contributed by atoms with Gasteiger partial charge in [0.05, 0.1) is 25.4 Å². The van der Waals surface area contributed by atoms with E-state index in [1.807, 2.05) is 0 Å². The first-order chi connectivity index (χ1) is 11.9. The molecule has 25 heavy (non-hydrogen) atoms. The van der Waals surface area contributed by atoms with Crippen LogP contribution in [0.25, 0.3) is 6.08 Å². The molecule has 6 heteroatoms.